The van der Waals surface area contributed by atoms with Gasteiger partial charge >= 0.3 is 5.97 Å². The van der Waals surface area contributed by atoms with Crippen molar-refractivity contribution in [2.24, 2.45) is 0 Å². The summed E-state index contributed by atoms with van der Waals surface area (Å²) in [5, 5.41) is 3.44. The van der Waals surface area contributed by atoms with Crippen LogP contribution >= 0.6 is 23.2 Å². The van der Waals surface area contributed by atoms with Gasteiger partial charge in [0.2, 0.25) is 5.91 Å². The highest BCUT2D eigenvalue weighted by Gasteiger charge is 2.34. The Morgan fingerprint density at radius 2 is 1.85 bits per heavy atom. The lowest BCUT2D eigenvalue weighted by atomic mass is 9.84. The molecule has 0 aromatic heterocycles. The third-order valence-corrected chi connectivity index (χ3v) is 5.37. The van der Waals surface area contributed by atoms with Crippen LogP contribution in [-0.2, 0) is 20.9 Å². The molecule has 27 heavy (non-hydrogen) atoms. The number of carbonyl (C=O) groups excluding carboxylic acids is 2. The Kier molecular flexibility index (Phi) is 5.88. The molecule has 2 aromatic carbocycles. The second-order valence-corrected chi connectivity index (χ2v) is 7.33. The average Bonchev–Trinajstić information content (AvgIpc) is 2.62. The van der Waals surface area contributed by atoms with Crippen molar-refractivity contribution in [3.63, 3.8) is 0 Å². The van der Waals surface area contributed by atoms with Crippen LogP contribution in [0.4, 0.5) is 0 Å². The van der Waals surface area contributed by atoms with Gasteiger partial charge in [-0.15, -0.1) is 0 Å². The van der Waals surface area contributed by atoms with Gasteiger partial charge in [-0.1, -0.05) is 65.2 Å². The van der Waals surface area contributed by atoms with Gasteiger partial charge in [0.15, 0.2) is 0 Å². The summed E-state index contributed by atoms with van der Waals surface area (Å²) < 4.78 is 5.51. The molecule has 0 fully saturated rings. The first-order valence-electron chi connectivity index (χ1n) is 8.54. The molecule has 1 N–H and O–H groups in total. The quantitative estimate of drug-likeness (QED) is 0.736. The Labute approximate surface area is 168 Å². The van der Waals surface area contributed by atoms with Crippen LogP contribution in [0.3, 0.4) is 0 Å². The molecular formula is C21H19Cl2NO3. The summed E-state index contributed by atoms with van der Waals surface area (Å²) in [6.45, 7) is 3.83. The lowest BCUT2D eigenvalue weighted by molar-refractivity contribution is -0.141. The van der Waals surface area contributed by atoms with Crippen LogP contribution in [0.2, 0.25) is 10.0 Å². The minimum absolute atomic E-state index is 0.104. The molecule has 1 aliphatic rings. The Morgan fingerprint density at radius 1 is 1.15 bits per heavy atom. The molecule has 2 aromatic rings. The van der Waals surface area contributed by atoms with Gasteiger partial charge in [-0.25, -0.2) is 4.79 Å². The van der Waals surface area contributed by atoms with E-state index in [9.17, 15) is 9.59 Å². The molecule has 0 bridgehead atoms. The third kappa shape index (κ3) is 4.34. The molecule has 1 atom stereocenters. The second-order valence-electron chi connectivity index (χ2n) is 6.55. The van der Waals surface area contributed by atoms with Crippen molar-refractivity contribution in [1.29, 1.82) is 0 Å². The van der Waals surface area contributed by atoms with Crippen LogP contribution in [0.1, 0.15) is 36.0 Å². The van der Waals surface area contributed by atoms with Crippen LogP contribution in [0.5, 0.6) is 0 Å². The number of esters is 1. The highest BCUT2D eigenvalue weighted by atomic mass is 35.5. The van der Waals surface area contributed by atoms with Gasteiger partial charge in [0.25, 0.3) is 0 Å². The summed E-state index contributed by atoms with van der Waals surface area (Å²) in [5.41, 5.74) is 3.53. The number of rotatable bonds is 4. The fraction of sp³-hybridized carbons (Fsp3) is 0.238. The van der Waals surface area contributed by atoms with E-state index in [1.165, 1.54) is 0 Å². The third-order valence-electron chi connectivity index (χ3n) is 4.54. The maximum Gasteiger partial charge on any atom is 0.336 e. The van der Waals surface area contributed by atoms with E-state index in [0.717, 1.165) is 11.1 Å². The molecule has 0 saturated heterocycles. The standard InChI is InChI=1S/C21H19Cl2NO3/c1-12-6-8-14(9-7-12)11-27-21(26)19-13(2)24-18(25)10-16(19)15-4-3-5-17(22)20(15)23/h3-9,16H,10-11H2,1-2H3,(H,24,25)/t16-/m0/s1. The molecule has 0 radical (unpaired) electrons. The zero-order valence-corrected chi connectivity index (χ0v) is 16.5. The minimum Gasteiger partial charge on any atom is -0.457 e. The van der Waals surface area contributed by atoms with Gasteiger partial charge in [0.1, 0.15) is 6.61 Å². The van der Waals surface area contributed by atoms with E-state index in [1.54, 1.807) is 25.1 Å². The minimum atomic E-state index is -0.504. The fourth-order valence-electron chi connectivity index (χ4n) is 3.14. The number of nitrogens with one attached hydrogen (secondary N) is 1. The van der Waals surface area contributed by atoms with Crippen LogP contribution in [0.15, 0.2) is 53.7 Å². The van der Waals surface area contributed by atoms with Crippen molar-refractivity contribution in [3.8, 4) is 0 Å². The first kappa shape index (κ1) is 19.5. The lowest BCUT2D eigenvalue weighted by Gasteiger charge is -2.27. The van der Waals surface area contributed by atoms with Gasteiger partial charge in [-0.05, 0) is 31.0 Å². The van der Waals surface area contributed by atoms with Gasteiger partial charge in [0.05, 0.1) is 15.6 Å². The number of halogens is 2. The molecule has 0 aliphatic carbocycles. The van der Waals surface area contributed by atoms with Gasteiger partial charge < -0.3 is 10.1 Å². The predicted molar refractivity (Wildman–Crippen MR) is 106 cm³/mol. The Hall–Kier alpha value is -2.30. The SMILES string of the molecule is CC1=C(C(=O)OCc2ccc(C)cc2)[C@H](c2cccc(Cl)c2Cl)CC(=O)N1. The monoisotopic (exact) mass is 403 g/mol. The zero-order valence-electron chi connectivity index (χ0n) is 15.0. The van der Waals surface area contributed by atoms with E-state index in [1.807, 2.05) is 31.2 Å². The van der Waals surface area contributed by atoms with Crippen molar-refractivity contribution >= 4 is 35.1 Å². The van der Waals surface area contributed by atoms with E-state index >= 15 is 0 Å². The molecule has 140 valence electrons. The number of carbonyl (C=O) groups is 2. The topological polar surface area (TPSA) is 55.4 Å². The zero-order chi connectivity index (χ0) is 19.6. The molecule has 0 saturated carbocycles. The first-order chi connectivity index (χ1) is 12.9. The normalized spacial score (nSPS) is 16.9. The number of ether oxygens (including phenoxy) is 1. The molecular weight excluding hydrogens is 385 g/mol. The molecule has 4 nitrogen and oxygen atoms in total. The number of aryl methyl sites for hydroxylation is 1. The number of hydrogen-bond donors (Lipinski definition) is 1. The molecule has 0 unspecified atom stereocenters. The maximum atomic E-state index is 12.8. The molecule has 1 aliphatic heterocycles. The fourth-order valence-corrected chi connectivity index (χ4v) is 3.58. The van der Waals surface area contributed by atoms with E-state index in [2.05, 4.69) is 5.32 Å². The van der Waals surface area contributed by atoms with E-state index in [-0.39, 0.29) is 18.9 Å². The van der Waals surface area contributed by atoms with Crippen molar-refractivity contribution < 1.29 is 14.3 Å². The predicted octanol–water partition coefficient (Wildman–Crippen LogP) is 4.92. The second kappa shape index (κ2) is 8.15. The van der Waals surface area contributed by atoms with Crippen LogP contribution in [-0.4, -0.2) is 11.9 Å². The number of allylic oxidation sites excluding steroid dienone is 1. The van der Waals surface area contributed by atoms with Crippen LogP contribution < -0.4 is 5.32 Å². The molecule has 1 heterocycles. The number of benzene rings is 2. The van der Waals surface area contributed by atoms with Gasteiger partial charge in [-0.2, -0.15) is 0 Å². The summed E-state index contributed by atoms with van der Waals surface area (Å²) in [4.78, 5) is 24.9. The van der Waals surface area contributed by atoms with Crippen LogP contribution in [0, 0.1) is 6.92 Å². The highest BCUT2D eigenvalue weighted by molar-refractivity contribution is 6.42. The summed E-state index contributed by atoms with van der Waals surface area (Å²) >= 11 is 12.5. The average molecular weight is 404 g/mol. The molecule has 6 heteroatoms. The van der Waals surface area contributed by atoms with Crippen molar-refractivity contribution in [2.45, 2.75) is 32.8 Å². The Morgan fingerprint density at radius 3 is 2.56 bits per heavy atom. The molecule has 0 spiro atoms. The first-order valence-corrected chi connectivity index (χ1v) is 9.29. The van der Waals surface area contributed by atoms with Crippen molar-refractivity contribution in [2.75, 3.05) is 0 Å². The summed E-state index contributed by atoms with van der Waals surface area (Å²) in [7, 11) is 0. The molecule has 1 amide bonds. The highest BCUT2D eigenvalue weighted by Crippen LogP contribution is 2.39. The van der Waals surface area contributed by atoms with Crippen molar-refractivity contribution in [3.05, 3.63) is 80.5 Å². The Bertz CT molecular complexity index is 920. The Balaban J connectivity index is 1.88. The molecule has 3 rings (SSSR count). The summed E-state index contributed by atoms with van der Waals surface area (Å²) in [6.07, 6.45) is 0.104. The summed E-state index contributed by atoms with van der Waals surface area (Å²) in [6, 6.07) is 12.9. The van der Waals surface area contributed by atoms with Gasteiger partial charge in [-0.3, -0.25) is 4.79 Å². The van der Waals surface area contributed by atoms with Crippen LogP contribution in [0.25, 0.3) is 0 Å². The maximum absolute atomic E-state index is 12.8. The number of amides is 1. The van der Waals surface area contributed by atoms with Crippen molar-refractivity contribution in [1.82, 2.24) is 5.32 Å². The number of hydrogen-bond acceptors (Lipinski definition) is 3. The van der Waals surface area contributed by atoms with E-state index in [0.29, 0.717) is 26.9 Å². The largest absolute Gasteiger partial charge is 0.457 e. The van der Waals surface area contributed by atoms with E-state index in [4.69, 9.17) is 27.9 Å². The summed E-state index contributed by atoms with van der Waals surface area (Å²) in [5.74, 6) is -1.16. The van der Waals surface area contributed by atoms with E-state index < -0.39 is 11.9 Å². The lowest BCUT2D eigenvalue weighted by Crippen LogP contribution is -2.34. The smallest absolute Gasteiger partial charge is 0.336 e. The van der Waals surface area contributed by atoms with Gasteiger partial charge in [0, 0.05) is 18.0 Å².